The highest BCUT2D eigenvalue weighted by molar-refractivity contribution is 5.31. The van der Waals surface area contributed by atoms with Gasteiger partial charge in [0.05, 0.1) is 0 Å². The second-order valence-electron chi connectivity index (χ2n) is 4.08. The molecule has 1 aromatic rings. The van der Waals surface area contributed by atoms with Crippen LogP contribution in [0.5, 0.6) is 0 Å². The van der Waals surface area contributed by atoms with Crippen molar-refractivity contribution in [3.63, 3.8) is 0 Å². The maximum atomic E-state index is 4.54. The number of pyridine rings is 1. The predicted octanol–water partition coefficient (Wildman–Crippen LogP) is 1.60. The van der Waals surface area contributed by atoms with Crippen LogP contribution in [-0.2, 0) is 13.0 Å². The third-order valence-electron chi connectivity index (χ3n) is 2.98. The zero-order valence-electron chi connectivity index (χ0n) is 7.71. The van der Waals surface area contributed by atoms with Crippen molar-refractivity contribution in [3.8, 4) is 0 Å². The lowest BCUT2D eigenvalue weighted by Gasteiger charge is -2.16. The average molecular weight is 174 g/mol. The lowest BCUT2D eigenvalue weighted by atomic mass is 10.0. The highest BCUT2D eigenvalue weighted by Gasteiger charge is 2.24. The molecule has 0 radical (unpaired) electrons. The van der Waals surface area contributed by atoms with Gasteiger partial charge in [0.2, 0.25) is 0 Å². The van der Waals surface area contributed by atoms with Crippen LogP contribution in [0, 0.1) is 0 Å². The van der Waals surface area contributed by atoms with Crippen molar-refractivity contribution in [2.75, 3.05) is 6.54 Å². The first-order valence-corrected chi connectivity index (χ1v) is 5.12. The number of nitrogens with one attached hydrogen (secondary N) is 1. The first-order valence-electron chi connectivity index (χ1n) is 5.12. The number of hydrogen-bond donors (Lipinski definition) is 1. The van der Waals surface area contributed by atoms with Gasteiger partial charge < -0.3 is 5.32 Å². The van der Waals surface area contributed by atoms with E-state index in [1.807, 2.05) is 0 Å². The smallest absolute Gasteiger partial charge is 0.0461 e. The highest BCUT2D eigenvalue weighted by atomic mass is 14.9. The number of fused-ring (bicyclic) bond motifs is 1. The van der Waals surface area contributed by atoms with Gasteiger partial charge in [-0.15, -0.1) is 0 Å². The maximum Gasteiger partial charge on any atom is 0.0461 e. The molecule has 2 nitrogen and oxygen atoms in total. The Hall–Kier alpha value is -0.890. The fourth-order valence-electron chi connectivity index (χ4n) is 2.01. The van der Waals surface area contributed by atoms with E-state index in [2.05, 4.69) is 22.6 Å². The maximum absolute atomic E-state index is 4.54. The molecule has 2 heterocycles. The second kappa shape index (κ2) is 2.81. The van der Waals surface area contributed by atoms with Gasteiger partial charge in [-0.1, -0.05) is 6.07 Å². The van der Waals surface area contributed by atoms with Crippen molar-refractivity contribution >= 4 is 0 Å². The summed E-state index contributed by atoms with van der Waals surface area (Å²) in [5.41, 5.74) is 4.20. The number of rotatable bonds is 1. The summed E-state index contributed by atoms with van der Waals surface area (Å²) < 4.78 is 0. The molecule has 2 aliphatic rings. The van der Waals surface area contributed by atoms with E-state index in [-0.39, 0.29) is 0 Å². The normalized spacial score (nSPS) is 21.2. The van der Waals surface area contributed by atoms with Crippen molar-refractivity contribution in [1.82, 2.24) is 10.3 Å². The minimum Gasteiger partial charge on any atom is -0.312 e. The Kier molecular flexibility index (Phi) is 1.62. The third-order valence-corrected chi connectivity index (χ3v) is 2.98. The molecule has 0 spiro atoms. The topological polar surface area (TPSA) is 24.9 Å². The quantitative estimate of drug-likeness (QED) is 0.699. The van der Waals surface area contributed by atoms with Crippen molar-refractivity contribution in [1.29, 1.82) is 0 Å². The molecule has 68 valence electrons. The number of hydrogen-bond acceptors (Lipinski definition) is 2. The summed E-state index contributed by atoms with van der Waals surface area (Å²) in [6.07, 6.45) is 5.92. The summed E-state index contributed by atoms with van der Waals surface area (Å²) >= 11 is 0. The van der Waals surface area contributed by atoms with Crippen LogP contribution in [0.25, 0.3) is 0 Å². The SMILES string of the molecule is c1nc2c(cc1C1CC1)CNCC2. The van der Waals surface area contributed by atoms with Gasteiger partial charge in [-0.2, -0.15) is 0 Å². The van der Waals surface area contributed by atoms with E-state index in [4.69, 9.17) is 0 Å². The molecule has 1 aliphatic heterocycles. The van der Waals surface area contributed by atoms with Crippen LogP contribution in [-0.4, -0.2) is 11.5 Å². The van der Waals surface area contributed by atoms with Crippen LogP contribution < -0.4 is 5.32 Å². The van der Waals surface area contributed by atoms with Crippen LogP contribution in [0.2, 0.25) is 0 Å². The first-order chi connectivity index (χ1) is 6.43. The van der Waals surface area contributed by atoms with Crippen LogP contribution in [0.1, 0.15) is 35.6 Å². The lowest BCUT2D eigenvalue weighted by Crippen LogP contribution is -2.24. The molecular formula is C11H14N2. The van der Waals surface area contributed by atoms with Gasteiger partial charge >= 0.3 is 0 Å². The van der Waals surface area contributed by atoms with Crippen molar-refractivity contribution in [2.24, 2.45) is 0 Å². The molecule has 0 aromatic carbocycles. The summed E-state index contributed by atoms with van der Waals surface area (Å²) in [5.74, 6) is 0.833. The minimum absolute atomic E-state index is 0.833. The van der Waals surface area contributed by atoms with E-state index < -0.39 is 0 Å². The largest absolute Gasteiger partial charge is 0.312 e. The molecule has 0 atom stereocenters. The van der Waals surface area contributed by atoms with Gasteiger partial charge in [0.1, 0.15) is 0 Å². The van der Waals surface area contributed by atoms with Gasteiger partial charge in [-0.3, -0.25) is 4.98 Å². The molecule has 1 saturated carbocycles. The number of nitrogens with zero attached hydrogens (tertiary/aromatic N) is 1. The Morgan fingerprint density at radius 2 is 2.31 bits per heavy atom. The summed E-state index contributed by atoms with van der Waals surface area (Å²) in [7, 11) is 0. The van der Waals surface area contributed by atoms with E-state index in [9.17, 15) is 0 Å². The average Bonchev–Trinajstić information content (AvgIpc) is 3.00. The molecule has 0 unspecified atom stereocenters. The van der Waals surface area contributed by atoms with Crippen molar-refractivity contribution in [2.45, 2.75) is 31.7 Å². The van der Waals surface area contributed by atoms with E-state index in [1.54, 1.807) is 0 Å². The molecule has 2 heteroatoms. The van der Waals surface area contributed by atoms with E-state index in [1.165, 1.54) is 29.7 Å². The van der Waals surface area contributed by atoms with Gasteiger partial charge in [0, 0.05) is 31.4 Å². The Morgan fingerprint density at radius 1 is 1.38 bits per heavy atom. The Balaban J connectivity index is 1.98. The van der Waals surface area contributed by atoms with Crippen LogP contribution in [0.4, 0.5) is 0 Å². The van der Waals surface area contributed by atoms with Crippen molar-refractivity contribution < 1.29 is 0 Å². The fraction of sp³-hybridized carbons (Fsp3) is 0.545. The molecule has 0 amide bonds. The monoisotopic (exact) mass is 174 g/mol. The summed E-state index contributed by atoms with van der Waals surface area (Å²) in [6, 6.07) is 2.35. The van der Waals surface area contributed by atoms with E-state index in [0.29, 0.717) is 0 Å². The zero-order chi connectivity index (χ0) is 8.67. The standard InChI is InChI=1S/C11H14N2/c1-2-8(1)9-5-10-6-12-4-3-11(10)13-7-9/h5,7-8,12H,1-4,6H2. The van der Waals surface area contributed by atoms with E-state index in [0.717, 1.165) is 25.4 Å². The van der Waals surface area contributed by atoms with Crippen LogP contribution in [0.15, 0.2) is 12.3 Å². The molecule has 1 aromatic heterocycles. The Labute approximate surface area is 78.4 Å². The molecule has 1 fully saturated rings. The first kappa shape index (κ1) is 7.51. The summed E-state index contributed by atoms with van der Waals surface area (Å²) in [6.45, 7) is 2.10. The molecular weight excluding hydrogens is 160 g/mol. The van der Waals surface area contributed by atoms with Crippen LogP contribution in [0.3, 0.4) is 0 Å². The van der Waals surface area contributed by atoms with Crippen LogP contribution >= 0.6 is 0 Å². The third kappa shape index (κ3) is 1.35. The van der Waals surface area contributed by atoms with Gasteiger partial charge in [0.15, 0.2) is 0 Å². The fourth-order valence-corrected chi connectivity index (χ4v) is 2.01. The molecule has 0 bridgehead atoms. The van der Waals surface area contributed by atoms with Gasteiger partial charge in [-0.25, -0.2) is 0 Å². The summed E-state index contributed by atoms with van der Waals surface area (Å²) in [5, 5.41) is 3.39. The second-order valence-corrected chi connectivity index (χ2v) is 4.08. The zero-order valence-corrected chi connectivity index (χ0v) is 7.71. The predicted molar refractivity (Wildman–Crippen MR) is 51.6 cm³/mol. The van der Waals surface area contributed by atoms with Gasteiger partial charge in [0.25, 0.3) is 0 Å². The molecule has 3 rings (SSSR count). The minimum atomic E-state index is 0.833. The number of aromatic nitrogens is 1. The Bertz CT molecular complexity index is 329. The summed E-state index contributed by atoms with van der Waals surface area (Å²) in [4.78, 5) is 4.54. The molecule has 1 aliphatic carbocycles. The molecule has 1 N–H and O–H groups in total. The lowest BCUT2D eigenvalue weighted by molar-refractivity contribution is 0.628. The highest BCUT2D eigenvalue weighted by Crippen LogP contribution is 2.40. The molecule has 0 saturated heterocycles. The molecule has 13 heavy (non-hydrogen) atoms. The van der Waals surface area contributed by atoms with Crippen molar-refractivity contribution in [3.05, 3.63) is 29.1 Å². The van der Waals surface area contributed by atoms with Gasteiger partial charge in [-0.05, 0) is 29.9 Å². The Morgan fingerprint density at radius 3 is 3.15 bits per heavy atom. The van der Waals surface area contributed by atoms with E-state index >= 15 is 0 Å².